The van der Waals surface area contributed by atoms with Gasteiger partial charge >= 0.3 is 0 Å². The molecule has 0 aromatic heterocycles. The van der Waals surface area contributed by atoms with E-state index in [1.165, 1.54) is 0 Å². The van der Waals surface area contributed by atoms with Crippen LogP contribution in [0.15, 0.2) is 0 Å². The molecule has 1 aliphatic heterocycles. The molecule has 0 aromatic carbocycles. The summed E-state index contributed by atoms with van der Waals surface area (Å²) in [6, 6.07) is 2.17. The van der Waals surface area contributed by atoms with Crippen molar-refractivity contribution in [3.63, 3.8) is 0 Å². The largest absolute Gasteiger partial charge is 0.390 e. The lowest BCUT2D eigenvalue weighted by molar-refractivity contribution is -0.0861. The molecule has 0 aliphatic carbocycles. The lowest BCUT2D eigenvalue weighted by atomic mass is 9.76. The highest BCUT2D eigenvalue weighted by molar-refractivity contribution is 6.77. The van der Waals surface area contributed by atoms with Gasteiger partial charge in [-0.15, -0.1) is 0 Å². The third kappa shape index (κ3) is 2.63. The molecule has 3 heteroatoms. The summed E-state index contributed by atoms with van der Waals surface area (Å²) in [7, 11) is -1.32. The molecule has 1 aliphatic rings. The van der Waals surface area contributed by atoms with Gasteiger partial charge in [0.1, 0.15) is 0 Å². The molecule has 1 heterocycles. The van der Waals surface area contributed by atoms with Gasteiger partial charge in [0.15, 0.2) is 0 Å². The molecular formula is C12H26O2Si. The first-order valence-corrected chi connectivity index (χ1v) is 9.26. The third-order valence-corrected chi connectivity index (χ3v) is 7.51. The molecule has 2 N–H and O–H groups in total. The summed E-state index contributed by atoms with van der Waals surface area (Å²) in [6.07, 6.45) is -1.19. The van der Waals surface area contributed by atoms with Crippen LogP contribution >= 0.6 is 0 Å². The van der Waals surface area contributed by atoms with E-state index in [9.17, 15) is 10.2 Å². The van der Waals surface area contributed by atoms with E-state index in [-0.39, 0.29) is 10.8 Å². The topological polar surface area (TPSA) is 40.5 Å². The predicted octanol–water partition coefficient (Wildman–Crippen LogP) is 2.48. The SMILES string of the molecule is CC1(C)C[Si](C)(C)CC(C)(C)[C@H](O)[C@H]1O. The number of rotatable bonds is 0. The molecule has 15 heavy (non-hydrogen) atoms. The summed E-state index contributed by atoms with van der Waals surface area (Å²) in [4.78, 5) is 0. The summed E-state index contributed by atoms with van der Waals surface area (Å²) in [5.74, 6) is 0. The van der Waals surface area contributed by atoms with Gasteiger partial charge in [0, 0.05) is 8.07 Å². The van der Waals surface area contributed by atoms with Crippen LogP contribution in [0.2, 0.25) is 25.2 Å². The van der Waals surface area contributed by atoms with Crippen LogP contribution in [0.3, 0.4) is 0 Å². The minimum atomic E-state index is -1.32. The second-order valence-electron chi connectivity index (χ2n) is 7.38. The second kappa shape index (κ2) is 3.57. The lowest BCUT2D eigenvalue weighted by Crippen LogP contribution is -2.44. The molecule has 2 atom stereocenters. The number of hydrogen-bond donors (Lipinski definition) is 2. The molecule has 0 amide bonds. The van der Waals surface area contributed by atoms with E-state index in [0.29, 0.717) is 0 Å². The minimum absolute atomic E-state index is 0.150. The van der Waals surface area contributed by atoms with E-state index < -0.39 is 20.3 Å². The molecule has 0 radical (unpaired) electrons. The van der Waals surface area contributed by atoms with E-state index in [1.807, 2.05) is 0 Å². The summed E-state index contributed by atoms with van der Waals surface area (Å²) in [5.41, 5.74) is -0.300. The number of hydrogen-bond acceptors (Lipinski definition) is 2. The third-order valence-electron chi connectivity index (χ3n) is 3.77. The Bertz CT molecular complexity index is 222. The molecular weight excluding hydrogens is 204 g/mol. The highest BCUT2D eigenvalue weighted by atomic mass is 28.3. The molecule has 0 bridgehead atoms. The van der Waals surface area contributed by atoms with Crippen LogP contribution in [0.1, 0.15) is 27.7 Å². The maximum atomic E-state index is 10.2. The standard InChI is InChI=1S/C12H26O2Si/c1-11(2)7-15(5,6)8-12(3,4)10(14)9(11)13/h9-10,13-14H,7-8H2,1-6H3/t9-,10-/m1/s1. The smallest absolute Gasteiger partial charge is 0.0852 e. The van der Waals surface area contributed by atoms with Gasteiger partial charge in [-0.3, -0.25) is 0 Å². The van der Waals surface area contributed by atoms with Gasteiger partial charge in [-0.25, -0.2) is 0 Å². The molecule has 2 nitrogen and oxygen atoms in total. The van der Waals surface area contributed by atoms with Crippen LogP contribution in [0, 0.1) is 10.8 Å². The van der Waals surface area contributed by atoms with Crippen LogP contribution in [0.5, 0.6) is 0 Å². The van der Waals surface area contributed by atoms with Gasteiger partial charge in [-0.05, 0) is 22.9 Å². The second-order valence-corrected chi connectivity index (χ2v) is 12.4. The zero-order valence-electron chi connectivity index (χ0n) is 11.0. The van der Waals surface area contributed by atoms with Crippen LogP contribution in [0.25, 0.3) is 0 Å². The number of aliphatic hydroxyl groups excluding tert-OH is 2. The Labute approximate surface area is 94.7 Å². The Kier molecular flexibility index (Phi) is 3.14. The Morgan fingerprint density at radius 1 is 0.867 bits per heavy atom. The van der Waals surface area contributed by atoms with Crippen LogP contribution in [-0.4, -0.2) is 30.5 Å². The monoisotopic (exact) mass is 230 g/mol. The maximum absolute atomic E-state index is 10.2. The fraction of sp³-hybridized carbons (Fsp3) is 1.00. The summed E-state index contributed by atoms with van der Waals surface area (Å²) < 4.78 is 0. The van der Waals surface area contributed by atoms with Gasteiger partial charge in [0.2, 0.25) is 0 Å². The van der Waals surface area contributed by atoms with E-state index in [4.69, 9.17) is 0 Å². The number of aliphatic hydroxyl groups is 2. The van der Waals surface area contributed by atoms with Crippen LogP contribution in [-0.2, 0) is 0 Å². The van der Waals surface area contributed by atoms with Crippen molar-refractivity contribution in [1.29, 1.82) is 0 Å². The molecule has 1 fully saturated rings. The van der Waals surface area contributed by atoms with Crippen molar-refractivity contribution in [2.45, 2.75) is 65.1 Å². The Balaban J connectivity index is 3.09. The van der Waals surface area contributed by atoms with Gasteiger partial charge in [0.25, 0.3) is 0 Å². The fourth-order valence-corrected chi connectivity index (χ4v) is 9.07. The average molecular weight is 230 g/mol. The van der Waals surface area contributed by atoms with Gasteiger partial charge < -0.3 is 10.2 Å². The van der Waals surface area contributed by atoms with E-state index in [1.54, 1.807) is 0 Å². The molecule has 0 spiro atoms. The Hall–Kier alpha value is 0.137. The van der Waals surface area contributed by atoms with Crippen molar-refractivity contribution in [3.8, 4) is 0 Å². The zero-order chi connectivity index (χ0) is 12.1. The highest BCUT2D eigenvalue weighted by Gasteiger charge is 2.49. The van der Waals surface area contributed by atoms with E-state index in [2.05, 4.69) is 40.8 Å². The Morgan fingerprint density at radius 2 is 1.13 bits per heavy atom. The summed E-state index contributed by atoms with van der Waals surface area (Å²) >= 11 is 0. The predicted molar refractivity (Wildman–Crippen MR) is 66.7 cm³/mol. The minimum Gasteiger partial charge on any atom is -0.390 e. The first-order valence-electron chi connectivity index (χ1n) is 5.84. The maximum Gasteiger partial charge on any atom is 0.0852 e. The van der Waals surface area contributed by atoms with Crippen LogP contribution in [0.4, 0.5) is 0 Å². The van der Waals surface area contributed by atoms with E-state index in [0.717, 1.165) is 12.1 Å². The quantitative estimate of drug-likeness (QED) is 0.628. The summed E-state index contributed by atoms with van der Waals surface area (Å²) in [5, 5.41) is 20.5. The molecule has 0 aromatic rings. The average Bonchev–Trinajstić information content (AvgIpc) is 1.98. The zero-order valence-corrected chi connectivity index (χ0v) is 12.0. The van der Waals surface area contributed by atoms with E-state index >= 15 is 0 Å². The van der Waals surface area contributed by atoms with Crippen molar-refractivity contribution in [3.05, 3.63) is 0 Å². The van der Waals surface area contributed by atoms with Crippen molar-refractivity contribution < 1.29 is 10.2 Å². The van der Waals surface area contributed by atoms with Gasteiger partial charge in [0.05, 0.1) is 12.2 Å². The van der Waals surface area contributed by atoms with Crippen molar-refractivity contribution in [1.82, 2.24) is 0 Å². The van der Waals surface area contributed by atoms with Crippen molar-refractivity contribution >= 4 is 8.07 Å². The first kappa shape index (κ1) is 13.2. The van der Waals surface area contributed by atoms with Crippen molar-refractivity contribution in [2.75, 3.05) is 0 Å². The lowest BCUT2D eigenvalue weighted by Gasteiger charge is -2.36. The molecule has 90 valence electrons. The molecule has 0 saturated carbocycles. The Morgan fingerprint density at radius 3 is 1.40 bits per heavy atom. The summed E-state index contributed by atoms with van der Waals surface area (Å²) in [6.45, 7) is 13.0. The fourth-order valence-electron chi connectivity index (χ4n) is 3.59. The molecule has 0 unspecified atom stereocenters. The van der Waals surface area contributed by atoms with Crippen molar-refractivity contribution in [2.24, 2.45) is 10.8 Å². The van der Waals surface area contributed by atoms with Gasteiger partial charge in [-0.1, -0.05) is 40.8 Å². The molecule has 1 saturated heterocycles. The molecule has 1 rings (SSSR count). The van der Waals surface area contributed by atoms with Crippen LogP contribution < -0.4 is 0 Å². The first-order chi connectivity index (χ1) is 6.48. The normalized spacial score (nSPS) is 38.4. The highest BCUT2D eigenvalue weighted by Crippen LogP contribution is 2.47. The van der Waals surface area contributed by atoms with Gasteiger partial charge in [-0.2, -0.15) is 0 Å².